The Kier molecular flexibility index (Phi) is 3.56. The van der Waals surface area contributed by atoms with E-state index in [2.05, 4.69) is 6.08 Å². The summed E-state index contributed by atoms with van der Waals surface area (Å²) in [6.45, 7) is 0. The number of nitrogens with zero attached hydrogens (tertiary/aromatic N) is 1. The fourth-order valence-corrected chi connectivity index (χ4v) is 4.34. The van der Waals surface area contributed by atoms with Gasteiger partial charge in [-0.25, -0.2) is 8.42 Å². The Hall–Kier alpha value is -0.840. The second-order valence-electron chi connectivity index (χ2n) is 4.99. The van der Waals surface area contributed by atoms with Crippen LogP contribution in [0, 0.1) is 5.92 Å². The standard InChI is InChI=1S/C12H19NO3S/c1-13(11-7-8-17(15,16)9-11)12(14)10-5-3-2-4-6-10/h2-3,10-11H,4-9H2,1H3. The SMILES string of the molecule is CN(C(=O)C1CC=CCC1)C1CCS(=O)(=O)C1. The molecule has 2 atom stereocenters. The Balaban J connectivity index is 1.98. The predicted molar refractivity (Wildman–Crippen MR) is 66.3 cm³/mol. The Morgan fingerprint density at radius 3 is 2.59 bits per heavy atom. The van der Waals surface area contributed by atoms with Crippen molar-refractivity contribution in [3.05, 3.63) is 12.2 Å². The molecule has 1 amide bonds. The summed E-state index contributed by atoms with van der Waals surface area (Å²) in [5.74, 6) is 0.516. The zero-order valence-electron chi connectivity index (χ0n) is 10.1. The van der Waals surface area contributed by atoms with Gasteiger partial charge >= 0.3 is 0 Å². The number of amides is 1. The molecule has 1 fully saturated rings. The van der Waals surface area contributed by atoms with Gasteiger partial charge in [-0.15, -0.1) is 0 Å². The van der Waals surface area contributed by atoms with E-state index in [0.717, 1.165) is 19.3 Å². The van der Waals surface area contributed by atoms with Crippen molar-refractivity contribution in [1.82, 2.24) is 4.90 Å². The zero-order valence-corrected chi connectivity index (χ0v) is 10.9. The molecule has 96 valence electrons. The van der Waals surface area contributed by atoms with E-state index in [9.17, 15) is 13.2 Å². The summed E-state index contributed by atoms with van der Waals surface area (Å²) in [6.07, 6.45) is 7.37. The van der Waals surface area contributed by atoms with Gasteiger partial charge in [-0.1, -0.05) is 12.2 Å². The van der Waals surface area contributed by atoms with E-state index in [0.29, 0.717) is 6.42 Å². The quantitative estimate of drug-likeness (QED) is 0.693. The maximum atomic E-state index is 12.2. The minimum Gasteiger partial charge on any atom is -0.341 e. The number of rotatable bonds is 2. The molecular formula is C12H19NO3S. The molecule has 0 aromatic rings. The molecule has 0 N–H and O–H groups in total. The first-order valence-electron chi connectivity index (χ1n) is 6.12. The second-order valence-corrected chi connectivity index (χ2v) is 7.22. The van der Waals surface area contributed by atoms with Crippen molar-refractivity contribution < 1.29 is 13.2 Å². The van der Waals surface area contributed by atoms with Gasteiger partial charge in [-0.05, 0) is 25.7 Å². The van der Waals surface area contributed by atoms with Crippen molar-refractivity contribution in [2.75, 3.05) is 18.6 Å². The summed E-state index contributed by atoms with van der Waals surface area (Å²) in [7, 11) is -1.17. The van der Waals surface area contributed by atoms with Gasteiger partial charge in [0.25, 0.3) is 0 Å². The van der Waals surface area contributed by atoms with Gasteiger partial charge in [0.15, 0.2) is 9.84 Å². The molecular weight excluding hydrogens is 238 g/mol. The highest BCUT2D eigenvalue weighted by molar-refractivity contribution is 7.91. The molecule has 0 spiro atoms. The molecule has 1 aliphatic carbocycles. The van der Waals surface area contributed by atoms with Crippen LogP contribution >= 0.6 is 0 Å². The molecule has 17 heavy (non-hydrogen) atoms. The van der Waals surface area contributed by atoms with Gasteiger partial charge in [-0.3, -0.25) is 4.79 Å². The molecule has 5 heteroatoms. The summed E-state index contributed by atoms with van der Waals surface area (Å²) >= 11 is 0. The van der Waals surface area contributed by atoms with Crippen molar-refractivity contribution in [1.29, 1.82) is 0 Å². The highest BCUT2D eigenvalue weighted by atomic mass is 32.2. The normalized spacial score (nSPS) is 31.4. The van der Waals surface area contributed by atoms with Crippen LogP contribution in [-0.2, 0) is 14.6 Å². The average Bonchev–Trinajstić information content (AvgIpc) is 2.69. The molecule has 0 bridgehead atoms. The Labute approximate surface area is 103 Å². The second kappa shape index (κ2) is 4.80. The molecule has 0 radical (unpaired) electrons. The summed E-state index contributed by atoms with van der Waals surface area (Å²) < 4.78 is 22.8. The summed E-state index contributed by atoms with van der Waals surface area (Å²) in [5.41, 5.74) is 0. The van der Waals surface area contributed by atoms with E-state index in [1.807, 2.05) is 6.08 Å². The van der Waals surface area contributed by atoms with Crippen molar-refractivity contribution in [3.63, 3.8) is 0 Å². The van der Waals surface area contributed by atoms with E-state index in [1.54, 1.807) is 11.9 Å². The largest absolute Gasteiger partial charge is 0.341 e. The average molecular weight is 257 g/mol. The molecule has 2 rings (SSSR count). The van der Waals surface area contributed by atoms with Gasteiger partial charge < -0.3 is 4.90 Å². The van der Waals surface area contributed by atoms with Crippen LogP contribution in [0.4, 0.5) is 0 Å². The minimum absolute atomic E-state index is 0.0494. The highest BCUT2D eigenvalue weighted by Gasteiger charge is 2.34. The first kappa shape index (κ1) is 12.6. The van der Waals surface area contributed by atoms with Crippen LogP contribution in [0.5, 0.6) is 0 Å². The van der Waals surface area contributed by atoms with Crippen LogP contribution in [0.15, 0.2) is 12.2 Å². The molecule has 1 saturated heterocycles. The molecule has 0 aromatic heterocycles. The molecule has 4 nitrogen and oxygen atoms in total. The van der Waals surface area contributed by atoms with Crippen molar-refractivity contribution >= 4 is 15.7 Å². The zero-order chi connectivity index (χ0) is 12.5. The van der Waals surface area contributed by atoms with Crippen LogP contribution in [0.1, 0.15) is 25.7 Å². The van der Waals surface area contributed by atoms with Crippen molar-refractivity contribution in [3.8, 4) is 0 Å². The predicted octanol–water partition coefficient (Wildman–Crippen LogP) is 0.988. The van der Waals surface area contributed by atoms with Gasteiger partial charge in [0.1, 0.15) is 0 Å². The topological polar surface area (TPSA) is 54.5 Å². The Morgan fingerprint density at radius 2 is 2.06 bits per heavy atom. The molecule has 0 saturated carbocycles. The first-order valence-corrected chi connectivity index (χ1v) is 7.94. The number of allylic oxidation sites excluding steroid dienone is 2. The summed E-state index contributed by atoms with van der Waals surface area (Å²) in [6, 6.07) is -0.113. The van der Waals surface area contributed by atoms with Gasteiger partial charge in [-0.2, -0.15) is 0 Å². The molecule has 2 aliphatic rings. The monoisotopic (exact) mass is 257 g/mol. The minimum atomic E-state index is -2.91. The molecule has 0 aromatic carbocycles. The third-order valence-corrected chi connectivity index (χ3v) is 5.47. The molecule has 2 unspecified atom stereocenters. The number of sulfone groups is 1. The molecule has 1 heterocycles. The summed E-state index contributed by atoms with van der Waals surface area (Å²) in [5, 5.41) is 0. The molecule has 1 aliphatic heterocycles. The van der Waals surface area contributed by atoms with E-state index in [-0.39, 0.29) is 29.4 Å². The van der Waals surface area contributed by atoms with Gasteiger partial charge in [0, 0.05) is 19.0 Å². The van der Waals surface area contributed by atoms with Crippen molar-refractivity contribution in [2.24, 2.45) is 5.92 Å². The van der Waals surface area contributed by atoms with E-state index < -0.39 is 9.84 Å². The smallest absolute Gasteiger partial charge is 0.226 e. The van der Waals surface area contributed by atoms with E-state index >= 15 is 0 Å². The van der Waals surface area contributed by atoms with Crippen molar-refractivity contribution in [2.45, 2.75) is 31.7 Å². The maximum Gasteiger partial charge on any atom is 0.226 e. The first-order chi connectivity index (χ1) is 7.99. The van der Waals surface area contributed by atoms with Gasteiger partial charge in [0.05, 0.1) is 11.5 Å². The number of hydrogen-bond acceptors (Lipinski definition) is 3. The van der Waals surface area contributed by atoms with Crippen LogP contribution in [0.3, 0.4) is 0 Å². The lowest BCUT2D eigenvalue weighted by Crippen LogP contribution is -2.41. The Morgan fingerprint density at radius 1 is 1.29 bits per heavy atom. The number of hydrogen-bond donors (Lipinski definition) is 0. The lowest BCUT2D eigenvalue weighted by atomic mass is 9.93. The lowest BCUT2D eigenvalue weighted by Gasteiger charge is -2.28. The fourth-order valence-electron chi connectivity index (χ4n) is 2.57. The number of carbonyl (C=O) groups excluding carboxylic acids is 1. The highest BCUT2D eigenvalue weighted by Crippen LogP contribution is 2.24. The van der Waals surface area contributed by atoms with E-state index in [4.69, 9.17) is 0 Å². The maximum absolute atomic E-state index is 12.2. The third-order valence-electron chi connectivity index (χ3n) is 3.72. The van der Waals surface area contributed by atoms with Crippen LogP contribution < -0.4 is 0 Å². The van der Waals surface area contributed by atoms with E-state index in [1.165, 1.54) is 0 Å². The van der Waals surface area contributed by atoms with Crippen LogP contribution in [-0.4, -0.2) is 43.8 Å². The van der Waals surface area contributed by atoms with Gasteiger partial charge in [0.2, 0.25) is 5.91 Å². The fraction of sp³-hybridized carbons (Fsp3) is 0.750. The van der Waals surface area contributed by atoms with Crippen LogP contribution in [0.2, 0.25) is 0 Å². The van der Waals surface area contributed by atoms with Crippen LogP contribution in [0.25, 0.3) is 0 Å². The lowest BCUT2D eigenvalue weighted by molar-refractivity contribution is -0.136. The summed E-state index contributed by atoms with van der Waals surface area (Å²) in [4.78, 5) is 13.9. The third kappa shape index (κ3) is 2.89. The number of carbonyl (C=O) groups is 1. The Bertz CT molecular complexity index is 427.